The Labute approximate surface area is 71.4 Å². The molecule has 1 aromatic rings. The van der Waals surface area contributed by atoms with Crippen LogP contribution in [0.3, 0.4) is 0 Å². The molecule has 1 fully saturated rings. The Morgan fingerprint density at radius 2 is 2.17 bits per heavy atom. The monoisotopic (exact) mass is 158 g/mol. The van der Waals surface area contributed by atoms with E-state index in [0.29, 0.717) is 11.7 Å². The zero-order chi connectivity index (χ0) is 8.34. The first-order chi connectivity index (χ1) is 5.73. The van der Waals surface area contributed by atoms with Crippen molar-refractivity contribution in [3.63, 3.8) is 0 Å². The number of rotatable bonds is 0. The maximum Gasteiger partial charge on any atom is 0.167 e. The molecule has 0 saturated heterocycles. The van der Waals surface area contributed by atoms with E-state index >= 15 is 0 Å². The van der Waals surface area contributed by atoms with Gasteiger partial charge < -0.3 is 0 Å². The minimum atomic E-state index is 0.216. The summed E-state index contributed by atoms with van der Waals surface area (Å²) in [7, 11) is 0. The van der Waals surface area contributed by atoms with Crippen LogP contribution in [0.25, 0.3) is 0 Å². The molecule has 1 nitrogen and oxygen atoms in total. The minimum Gasteiger partial charge on any atom is -0.294 e. The maximum absolute atomic E-state index is 11.6. The molecule has 1 aromatic carbocycles. The van der Waals surface area contributed by atoms with E-state index in [1.165, 1.54) is 5.56 Å². The molecule has 0 unspecified atom stereocenters. The Morgan fingerprint density at radius 3 is 2.92 bits per heavy atom. The van der Waals surface area contributed by atoms with Gasteiger partial charge in [0.25, 0.3) is 0 Å². The summed E-state index contributed by atoms with van der Waals surface area (Å²) in [4.78, 5) is 11.6. The normalized spacial score (nSPS) is 36.1. The lowest BCUT2D eigenvalue weighted by molar-refractivity contribution is 0.0971. The van der Waals surface area contributed by atoms with Crippen molar-refractivity contribution < 1.29 is 4.79 Å². The summed E-state index contributed by atoms with van der Waals surface area (Å²) in [5, 5.41) is 0. The predicted octanol–water partition coefficient (Wildman–Crippen LogP) is 2.16. The summed E-state index contributed by atoms with van der Waals surface area (Å²) < 4.78 is 0. The molecule has 0 aliphatic heterocycles. The van der Waals surface area contributed by atoms with Crippen molar-refractivity contribution in [1.29, 1.82) is 0 Å². The summed E-state index contributed by atoms with van der Waals surface area (Å²) >= 11 is 0. The third-order valence-electron chi connectivity index (χ3n) is 3.36. The van der Waals surface area contributed by atoms with E-state index in [9.17, 15) is 4.79 Å². The summed E-state index contributed by atoms with van der Waals surface area (Å²) in [5.41, 5.74) is 2.46. The summed E-state index contributed by atoms with van der Waals surface area (Å²) in [5.74, 6) is 0.683. The van der Waals surface area contributed by atoms with E-state index in [1.807, 2.05) is 18.2 Å². The number of hydrogen-bond acceptors (Lipinski definition) is 1. The average molecular weight is 158 g/mol. The molecule has 0 spiro atoms. The number of hydrogen-bond donors (Lipinski definition) is 0. The fourth-order valence-electron chi connectivity index (χ4n) is 2.43. The van der Waals surface area contributed by atoms with Crippen LogP contribution in [0, 0.1) is 5.92 Å². The molecule has 2 aliphatic carbocycles. The van der Waals surface area contributed by atoms with Gasteiger partial charge in [-0.1, -0.05) is 31.2 Å². The van der Waals surface area contributed by atoms with Gasteiger partial charge in [0.05, 0.1) is 0 Å². The maximum atomic E-state index is 11.6. The molecule has 12 heavy (non-hydrogen) atoms. The fraction of sp³-hybridized carbons (Fsp3) is 0.364. The highest BCUT2D eigenvalue weighted by atomic mass is 16.1. The first kappa shape index (κ1) is 6.41. The molecule has 3 rings (SSSR count). The van der Waals surface area contributed by atoms with Crippen molar-refractivity contribution in [3.05, 3.63) is 35.4 Å². The molecule has 2 atom stereocenters. The van der Waals surface area contributed by atoms with E-state index < -0.39 is 0 Å². The van der Waals surface area contributed by atoms with Gasteiger partial charge in [-0.2, -0.15) is 0 Å². The molecule has 0 amide bonds. The van der Waals surface area contributed by atoms with Gasteiger partial charge in [-0.25, -0.2) is 0 Å². The highest BCUT2D eigenvalue weighted by Crippen LogP contribution is 2.61. The van der Waals surface area contributed by atoms with Crippen LogP contribution in [-0.2, 0) is 5.41 Å². The van der Waals surface area contributed by atoms with Crippen LogP contribution in [0.5, 0.6) is 0 Å². The van der Waals surface area contributed by atoms with E-state index in [-0.39, 0.29) is 5.41 Å². The molecule has 0 N–H and O–H groups in total. The van der Waals surface area contributed by atoms with Crippen molar-refractivity contribution in [1.82, 2.24) is 0 Å². The van der Waals surface area contributed by atoms with Gasteiger partial charge in [0.15, 0.2) is 5.78 Å². The van der Waals surface area contributed by atoms with E-state index in [4.69, 9.17) is 0 Å². The summed E-state index contributed by atoms with van der Waals surface area (Å²) in [6, 6.07) is 8.03. The van der Waals surface area contributed by atoms with Crippen LogP contribution in [0.15, 0.2) is 24.3 Å². The Kier molecular flexibility index (Phi) is 0.871. The second-order valence-corrected chi connectivity index (χ2v) is 4.08. The van der Waals surface area contributed by atoms with Gasteiger partial charge >= 0.3 is 0 Å². The molecular weight excluding hydrogens is 148 g/mol. The third-order valence-corrected chi connectivity index (χ3v) is 3.36. The number of ketones is 1. The highest BCUT2D eigenvalue weighted by Gasteiger charge is 2.61. The number of Topliss-reactive ketones (excluding diaryl/α,β-unsaturated/α-hetero) is 1. The van der Waals surface area contributed by atoms with Crippen molar-refractivity contribution in [3.8, 4) is 0 Å². The highest BCUT2D eigenvalue weighted by molar-refractivity contribution is 6.07. The number of carbonyl (C=O) groups is 1. The molecule has 60 valence electrons. The van der Waals surface area contributed by atoms with Gasteiger partial charge in [0, 0.05) is 16.9 Å². The largest absolute Gasteiger partial charge is 0.294 e. The Hall–Kier alpha value is -1.11. The smallest absolute Gasteiger partial charge is 0.167 e. The van der Waals surface area contributed by atoms with Gasteiger partial charge in [0.1, 0.15) is 0 Å². The molecule has 2 aliphatic rings. The first-order valence-corrected chi connectivity index (χ1v) is 4.37. The van der Waals surface area contributed by atoms with Crippen LogP contribution in [0.1, 0.15) is 29.3 Å². The summed E-state index contributed by atoms with van der Waals surface area (Å²) in [6.07, 6.45) is 1.07. The molecule has 1 heteroatoms. The Bertz CT molecular complexity index is 380. The second-order valence-electron chi connectivity index (χ2n) is 4.08. The number of fused-ring (bicyclic) bond motifs is 3. The molecule has 0 aromatic heterocycles. The van der Waals surface area contributed by atoms with Gasteiger partial charge in [-0.05, 0) is 12.0 Å². The van der Waals surface area contributed by atoms with Crippen molar-refractivity contribution in [2.45, 2.75) is 18.8 Å². The van der Waals surface area contributed by atoms with Crippen molar-refractivity contribution in [2.24, 2.45) is 5.92 Å². The standard InChI is InChI=1S/C11H10O/c1-11-6-9(11)10(12)7-4-2-3-5-8(7)11/h2-5,9H,6H2,1H3/t9-,11+/m0/s1. The zero-order valence-electron chi connectivity index (χ0n) is 7.00. The lowest BCUT2D eigenvalue weighted by atomic mass is 9.98. The van der Waals surface area contributed by atoms with E-state index in [1.54, 1.807) is 0 Å². The quantitative estimate of drug-likeness (QED) is 0.565. The van der Waals surface area contributed by atoms with Gasteiger partial charge in [0.2, 0.25) is 0 Å². The Balaban J connectivity index is 2.32. The first-order valence-electron chi connectivity index (χ1n) is 4.37. The fourth-order valence-corrected chi connectivity index (χ4v) is 2.43. The summed E-state index contributed by atoms with van der Waals surface area (Å²) in [6.45, 7) is 2.20. The second kappa shape index (κ2) is 1.63. The SMILES string of the molecule is C[C@]12C[C@H]1C(=O)c1ccccc12. The van der Waals surface area contributed by atoms with E-state index in [0.717, 1.165) is 12.0 Å². The zero-order valence-corrected chi connectivity index (χ0v) is 7.00. The number of benzene rings is 1. The molecule has 0 heterocycles. The van der Waals surface area contributed by atoms with Crippen LogP contribution in [0.2, 0.25) is 0 Å². The van der Waals surface area contributed by atoms with Crippen molar-refractivity contribution >= 4 is 5.78 Å². The van der Waals surface area contributed by atoms with Crippen LogP contribution >= 0.6 is 0 Å². The molecule has 0 bridgehead atoms. The van der Waals surface area contributed by atoms with Crippen molar-refractivity contribution in [2.75, 3.05) is 0 Å². The third kappa shape index (κ3) is 0.512. The molecular formula is C11H10O. The number of carbonyl (C=O) groups excluding carboxylic acids is 1. The average Bonchev–Trinajstić information content (AvgIpc) is 2.73. The van der Waals surface area contributed by atoms with Crippen LogP contribution in [-0.4, -0.2) is 5.78 Å². The minimum absolute atomic E-state index is 0.216. The van der Waals surface area contributed by atoms with Crippen LogP contribution in [0.4, 0.5) is 0 Å². The topological polar surface area (TPSA) is 17.1 Å². The molecule has 1 saturated carbocycles. The van der Waals surface area contributed by atoms with Gasteiger partial charge in [-0.15, -0.1) is 0 Å². The van der Waals surface area contributed by atoms with Crippen LogP contribution < -0.4 is 0 Å². The Morgan fingerprint density at radius 1 is 1.42 bits per heavy atom. The predicted molar refractivity (Wildman–Crippen MR) is 46.2 cm³/mol. The van der Waals surface area contributed by atoms with Gasteiger partial charge in [-0.3, -0.25) is 4.79 Å². The lowest BCUT2D eigenvalue weighted by Gasteiger charge is -2.05. The van der Waals surface area contributed by atoms with E-state index in [2.05, 4.69) is 13.0 Å². The lowest BCUT2D eigenvalue weighted by Crippen LogP contribution is -1.98. The molecule has 0 radical (unpaired) electrons.